The molecule has 0 aliphatic heterocycles. The molecule has 0 rings (SSSR count). The Morgan fingerprint density at radius 1 is 1.89 bits per heavy atom. The summed E-state index contributed by atoms with van der Waals surface area (Å²) in [6.45, 7) is 5.38. The lowest BCUT2D eigenvalue weighted by atomic mass is 10.1. The molecule has 0 heterocycles. The van der Waals surface area contributed by atoms with Gasteiger partial charge in [0.1, 0.15) is 0 Å². The molecule has 1 N–H and O–H groups in total. The molecule has 9 heavy (non-hydrogen) atoms. The van der Waals surface area contributed by atoms with Crippen LogP contribution in [0.5, 0.6) is 0 Å². The van der Waals surface area contributed by atoms with E-state index in [1.165, 1.54) is 0 Å². The molecule has 1 atom stereocenters. The van der Waals surface area contributed by atoms with Gasteiger partial charge >= 0.3 is 0 Å². The van der Waals surface area contributed by atoms with Crippen molar-refractivity contribution >= 4 is 15.9 Å². The van der Waals surface area contributed by atoms with Crippen LogP contribution >= 0.6 is 15.9 Å². The van der Waals surface area contributed by atoms with E-state index in [4.69, 9.17) is 5.11 Å². The van der Waals surface area contributed by atoms with Crippen LogP contribution in [0.15, 0.2) is 23.2 Å². The third-order valence-electron chi connectivity index (χ3n) is 1.09. The van der Waals surface area contributed by atoms with E-state index in [-0.39, 0.29) is 6.10 Å². The van der Waals surface area contributed by atoms with Gasteiger partial charge in [0.2, 0.25) is 0 Å². The first kappa shape index (κ1) is 8.92. The maximum absolute atomic E-state index is 9.15. The summed E-state index contributed by atoms with van der Waals surface area (Å²) in [6, 6.07) is 0. The molecule has 2 heteroatoms. The number of halogens is 1. The molecular weight excluding hydrogens is 180 g/mol. The largest absolute Gasteiger partial charge is 0.388 e. The average molecular weight is 191 g/mol. The Morgan fingerprint density at radius 2 is 2.44 bits per heavy atom. The van der Waals surface area contributed by atoms with Gasteiger partial charge in [0.25, 0.3) is 0 Å². The van der Waals surface area contributed by atoms with Crippen molar-refractivity contribution < 1.29 is 5.11 Å². The minimum absolute atomic E-state index is 0.373. The predicted molar refractivity (Wildman–Crippen MR) is 43.5 cm³/mol. The molecule has 0 aromatic rings. The molecule has 0 saturated carbocycles. The molecule has 0 radical (unpaired) electrons. The first-order valence-corrected chi connectivity index (χ1v) is 3.69. The molecule has 0 fully saturated rings. The van der Waals surface area contributed by atoms with Crippen LogP contribution in [0.1, 0.15) is 13.3 Å². The standard InChI is InChI=1S/C7H11BrO/c1-3-4-7(9)6(2)5-8/h3,5,7,9H,1,4H2,2H3/b6-5+/t7-/m1/s1. The Balaban J connectivity index is 3.72. The Bertz CT molecular complexity index is 118. The smallest absolute Gasteiger partial charge is 0.0789 e. The maximum atomic E-state index is 9.15. The summed E-state index contributed by atoms with van der Waals surface area (Å²) < 4.78 is 0. The maximum Gasteiger partial charge on any atom is 0.0789 e. The number of aliphatic hydroxyl groups excluding tert-OH is 1. The van der Waals surface area contributed by atoms with Crippen LogP contribution in [0.3, 0.4) is 0 Å². The zero-order chi connectivity index (χ0) is 7.28. The van der Waals surface area contributed by atoms with Gasteiger partial charge < -0.3 is 5.11 Å². The first-order chi connectivity index (χ1) is 4.22. The molecule has 0 saturated heterocycles. The van der Waals surface area contributed by atoms with E-state index in [0.29, 0.717) is 6.42 Å². The van der Waals surface area contributed by atoms with E-state index >= 15 is 0 Å². The minimum Gasteiger partial charge on any atom is -0.388 e. The Kier molecular flexibility index (Phi) is 4.72. The molecule has 1 nitrogen and oxygen atoms in total. The van der Waals surface area contributed by atoms with Gasteiger partial charge in [-0.25, -0.2) is 0 Å². The molecule has 52 valence electrons. The van der Waals surface area contributed by atoms with Crippen molar-refractivity contribution in [3.8, 4) is 0 Å². The number of hydrogen-bond acceptors (Lipinski definition) is 1. The zero-order valence-electron chi connectivity index (χ0n) is 5.47. The fraction of sp³-hybridized carbons (Fsp3) is 0.429. The Morgan fingerprint density at radius 3 is 2.78 bits per heavy atom. The van der Waals surface area contributed by atoms with E-state index < -0.39 is 0 Å². The van der Waals surface area contributed by atoms with Crippen molar-refractivity contribution in [2.75, 3.05) is 0 Å². The topological polar surface area (TPSA) is 20.2 Å². The summed E-state index contributed by atoms with van der Waals surface area (Å²) in [4.78, 5) is 1.72. The molecular formula is C7H11BrO. The summed E-state index contributed by atoms with van der Waals surface area (Å²) in [6.07, 6.45) is 1.94. The molecule has 0 bridgehead atoms. The highest BCUT2D eigenvalue weighted by Crippen LogP contribution is 2.07. The van der Waals surface area contributed by atoms with Crippen molar-refractivity contribution in [2.45, 2.75) is 19.4 Å². The number of rotatable bonds is 3. The van der Waals surface area contributed by atoms with Gasteiger partial charge in [0, 0.05) is 0 Å². The van der Waals surface area contributed by atoms with Crippen LogP contribution in [-0.4, -0.2) is 11.2 Å². The molecule has 0 spiro atoms. The predicted octanol–water partition coefficient (Wildman–Crippen LogP) is 2.22. The Hall–Kier alpha value is -0.0800. The lowest BCUT2D eigenvalue weighted by Gasteiger charge is -2.05. The van der Waals surface area contributed by atoms with E-state index in [0.717, 1.165) is 5.57 Å². The number of aliphatic hydroxyl groups is 1. The van der Waals surface area contributed by atoms with Crippen molar-refractivity contribution in [1.82, 2.24) is 0 Å². The summed E-state index contributed by atoms with van der Waals surface area (Å²) in [5.41, 5.74) is 0.926. The third-order valence-corrected chi connectivity index (χ3v) is 1.81. The molecule has 0 aliphatic rings. The number of hydrogen-bond donors (Lipinski definition) is 1. The minimum atomic E-state index is -0.373. The third kappa shape index (κ3) is 3.49. The molecule has 0 aliphatic carbocycles. The van der Waals surface area contributed by atoms with Crippen molar-refractivity contribution in [3.05, 3.63) is 23.2 Å². The summed E-state index contributed by atoms with van der Waals surface area (Å²) in [7, 11) is 0. The van der Waals surface area contributed by atoms with Gasteiger partial charge in [0.15, 0.2) is 0 Å². The SMILES string of the molecule is C=CC[C@@H](O)/C(C)=C/Br. The van der Waals surface area contributed by atoms with Gasteiger partial charge in [0.05, 0.1) is 6.10 Å². The van der Waals surface area contributed by atoms with Crippen LogP contribution in [0, 0.1) is 0 Å². The second-order valence-corrected chi connectivity index (χ2v) is 2.35. The second kappa shape index (κ2) is 4.77. The van der Waals surface area contributed by atoms with E-state index in [1.807, 2.05) is 6.92 Å². The van der Waals surface area contributed by atoms with Crippen LogP contribution in [0.2, 0.25) is 0 Å². The summed E-state index contributed by atoms with van der Waals surface area (Å²) in [5.74, 6) is 0. The molecule has 0 amide bonds. The molecule has 0 aromatic heterocycles. The van der Waals surface area contributed by atoms with Gasteiger partial charge in [-0.1, -0.05) is 22.0 Å². The van der Waals surface area contributed by atoms with E-state index in [1.54, 1.807) is 11.1 Å². The lowest BCUT2D eigenvalue weighted by Crippen LogP contribution is -2.05. The van der Waals surface area contributed by atoms with Crippen molar-refractivity contribution in [2.24, 2.45) is 0 Å². The van der Waals surface area contributed by atoms with Crippen LogP contribution in [-0.2, 0) is 0 Å². The lowest BCUT2D eigenvalue weighted by molar-refractivity contribution is 0.215. The van der Waals surface area contributed by atoms with Gasteiger partial charge in [-0.15, -0.1) is 6.58 Å². The van der Waals surface area contributed by atoms with Crippen LogP contribution in [0.25, 0.3) is 0 Å². The van der Waals surface area contributed by atoms with Gasteiger partial charge in [-0.05, 0) is 23.9 Å². The summed E-state index contributed by atoms with van der Waals surface area (Å²) >= 11 is 3.13. The van der Waals surface area contributed by atoms with E-state index in [9.17, 15) is 0 Å². The van der Waals surface area contributed by atoms with Crippen LogP contribution < -0.4 is 0 Å². The molecule has 0 aromatic carbocycles. The van der Waals surface area contributed by atoms with Crippen molar-refractivity contribution in [3.63, 3.8) is 0 Å². The average Bonchev–Trinajstić information content (AvgIpc) is 1.87. The zero-order valence-corrected chi connectivity index (χ0v) is 7.06. The fourth-order valence-corrected chi connectivity index (χ4v) is 0.722. The normalized spacial score (nSPS) is 15.2. The Labute approximate surface area is 64.2 Å². The summed E-state index contributed by atoms with van der Waals surface area (Å²) in [5, 5.41) is 9.15. The highest BCUT2D eigenvalue weighted by atomic mass is 79.9. The highest BCUT2D eigenvalue weighted by Gasteiger charge is 2.00. The van der Waals surface area contributed by atoms with Gasteiger partial charge in [-0.3, -0.25) is 0 Å². The van der Waals surface area contributed by atoms with Crippen molar-refractivity contribution in [1.29, 1.82) is 0 Å². The fourth-order valence-electron chi connectivity index (χ4n) is 0.416. The van der Waals surface area contributed by atoms with Gasteiger partial charge in [-0.2, -0.15) is 0 Å². The quantitative estimate of drug-likeness (QED) is 0.678. The monoisotopic (exact) mass is 190 g/mol. The molecule has 0 unspecified atom stereocenters. The van der Waals surface area contributed by atoms with E-state index in [2.05, 4.69) is 22.5 Å². The van der Waals surface area contributed by atoms with Crippen LogP contribution in [0.4, 0.5) is 0 Å². The highest BCUT2D eigenvalue weighted by molar-refractivity contribution is 9.11. The second-order valence-electron chi connectivity index (χ2n) is 1.89. The first-order valence-electron chi connectivity index (χ1n) is 2.78.